The number of phosphoric acid groups is 1. The molecule has 0 spiro atoms. The molecule has 0 fully saturated rings. The average molecular weight is 327 g/mol. The Morgan fingerprint density at radius 2 is 1.30 bits per heavy atom. The summed E-state index contributed by atoms with van der Waals surface area (Å²) in [5, 5.41) is 10.2. The summed E-state index contributed by atoms with van der Waals surface area (Å²) in [7, 11) is -4.60. The summed E-state index contributed by atoms with van der Waals surface area (Å²) in [6.45, 7) is 0. The first-order valence-electron chi connectivity index (χ1n) is 3.38. The fourth-order valence-electron chi connectivity index (χ4n) is 0.766. The van der Waals surface area contributed by atoms with E-state index in [2.05, 4.69) is 4.52 Å². The molecule has 0 amide bonds. The molecule has 0 aliphatic heterocycles. The summed E-state index contributed by atoms with van der Waals surface area (Å²) in [5.41, 5.74) is -0.178. The van der Waals surface area contributed by atoms with Gasteiger partial charge in [-0.1, -0.05) is 0 Å². The molecular weight excluding hydrogens is 309 g/mol. The van der Waals surface area contributed by atoms with Crippen molar-refractivity contribution in [3.8, 4) is 5.75 Å². The third-order valence-corrected chi connectivity index (χ3v) is 1.72. The Bertz CT molecular complexity index is 387. The summed E-state index contributed by atoms with van der Waals surface area (Å²) in [5.74, 6) is -0.121. The highest BCUT2D eigenvalue weighted by atomic mass is 31.2. The zero-order valence-electron chi connectivity index (χ0n) is 9.73. The second-order valence-electron chi connectivity index (χ2n) is 2.33. The third-order valence-electron chi connectivity index (χ3n) is 1.27. The van der Waals surface area contributed by atoms with Crippen molar-refractivity contribution in [2.45, 2.75) is 0 Å². The monoisotopic (exact) mass is 327 g/mol. The van der Waals surface area contributed by atoms with Gasteiger partial charge in [0.1, 0.15) is 5.75 Å². The maximum Gasteiger partial charge on any atom is 0.524 e. The van der Waals surface area contributed by atoms with E-state index in [0.29, 0.717) is 0 Å². The number of nitro groups is 1. The van der Waals surface area contributed by atoms with Gasteiger partial charge in [0.2, 0.25) is 0 Å². The molecule has 0 radical (unpaired) electrons. The molecule has 13 nitrogen and oxygen atoms in total. The SMILES string of the molecule is O.O.O.O.O.O.O=[N+]([O-])c1ccc(OP(=O)(O)O)cc1. The second-order valence-corrected chi connectivity index (χ2v) is 3.50. The molecule has 20 heavy (non-hydrogen) atoms. The van der Waals surface area contributed by atoms with Gasteiger partial charge in [-0.05, 0) is 12.1 Å². The molecule has 0 aromatic heterocycles. The maximum atomic E-state index is 10.4. The predicted octanol–water partition coefficient (Wildman–Crippen LogP) is -3.88. The van der Waals surface area contributed by atoms with E-state index < -0.39 is 12.7 Å². The number of rotatable bonds is 3. The number of phosphoric ester groups is 1. The summed E-state index contributed by atoms with van der Waals surface area (Å²) >= 11 is 0. The summed E-state index contributed by atoms with van der Waals surface area (Å²) < 4.78 is 14.5. The highest BCUT2D eigenvalue weighted by molar-refractivity contribution is 7.46. The molecule has 0 heterocycles. The van der Waals surface area contributed by atoms with Gasteiger partial charge >= 0.3 is 7.82 Å². The molecule has 0 aliphatic carbocycles. The van der Waals surface area contributed by atoms with Crippen LogP contribution in [0.3, 0.4) is 0 Å². The molecule has 1 aromatic carbocycles. The Morgan fingerprint density at radius 1 is 0.950 bits per heavy atom. The van der Waals surface area contributed by atoms with Gasteiger partial charge in [-0.25, -0.2) is 4.57 Å². The van der Waals surface area contributed by atoms with Gasteiger partial charge in [-0.15, -0.1) is 0 Å². The highest BCUT2D eigenvalue weighted by Crippen LogP contribution is 2.37. The van der Waals surface area contributed by atoms with Gasteiger partial charge in [0.15, 0.2) is 0 Å². The van der Waals surface area contributed by atoms with Crippen LogP contribution in [-0.4, -0.2) is 47.6 Å². The molecule has 1 aromatic rings. The highest BCUT2D eigenvalue weighted by Gasteiger charge is 2.16. The molecule has 0 atom stereocenters. The van der Waals surface area contributed by atoms with Gasteiger partial charge in [-0.3, -0.25) is 19.9 Å². The van der Waals surface area contributed by atoms with Gasteiger partial charge in [0, 0.05) is 12.1 Å². The number of hydrogen-bond donors (Lipinski definition) is 2. The van der Waals surface area contributed by atoms with Crippen molar-refractivity contribution in [2.24, 2.45) is 0 Å². The molecule has 1 rings (SSSR count). The van der Waals surface area contributed by atoms with Crippen LogP contribution in [-0.2, 0) is 4.57 Å². The maximum absolute atomic E-state index is 10.4. The van der Waals surface area contributed by atoms with Crippen molar-refractivity contribution >= 4 is 13.5 Å². The first-order chi connectivity index (χ1) is 6.38. The number of nitrogens with zero attached hydrogens (tertiary/aromatic N) is 1. The van der Waals surface area contributed by atoms with E-state index in [9.17, 15) is 14.7 Å². The molecule has 14 N–H and O–H groups in total. The fraction of sp³-hybridized carbons (Fsp3) is 0. The van der Waals surface area contributed by atoms with Gasteiger partial charge in [-0.2, -0.15) is 0 Å². The number of non-ortho nitro benzene ring substituents is 1. The second kappa shape index (κ2) is 13.8. The average Bonchev–Trinajstić information content (AvgIpc) is 2.02. The van der Waals surface area contributed by atoms with Crippen LogP contribution >= 0.6 is 7.82 Å². The van der Waals surface area contributed by atoms with Crippen LogP contribution in [0.2, 0.25) is 0 Å². The Hall–Kier alpha value is -1.67. The van der Waals surface area contributed by atoms with E-state index in [0.717, 1.165) is 24.3 Å². The Kier molecular flexibility index (Phi) is 24.9. The van der Waals surface area contributed by atoms with Crippen LogP contribution in [0.1, 0.15) is 0 Å². The van der Waals surface area contributed by atoms with Crippen molar-refractivity contribution in [1.29, 1.82) is 0 Å². The normalized spacial score (nSPS) is 7.70. The van der Waals surface area contributed by atoms with Crippen molar-refractivity contribution in [3.63, 3.8) is 0 Å². The minimum Gasteiger partial charge on any atom is -0.412 e. The Morgan fingerprint density at radius 3 is 1.55 bits per heavy atom. The molecule has 0 aliphatic rings. The van der Waals surface area contributed by atoms with Crippen LogP contribution in [0.25, 0.3) is 0 Å². The number of hydrogen-bond acceptors (Lipinski definition) is 4. The molecule has 0 bridgehead atoms. The van der Waals surface area contributed by atoms with Gasteiger partial charge in [0.05, 0.1) is 4.92 Å². The van der Waals surface area contributed by atoms with Gasteiger partial charge < -0.3 is 37.4 Å². The lowest BCUT2D eigenvalue weighted by Gasteiger charge is -2.05. The lowest BCUT2D eigenvalue weighted by molar-refractivity contribution is -0.384. The molecule has 0 saturated heterocycles. The van der Waals surface area contributed by atoms with Crippen LogP contribution < -0.4 is 4.52 Å². The van der Waals surface area contributed by atoms with Crippen molar-refractivity contribution in [1.82, 2.24) is 0 Å². The quantitative estimate of drug-likeness (QED) is 0.317. The van der Waals surface area contributed by atoms with E-state index in [1.165, 1.54) is 0 Å². The van der Waals surface area contributed by atoms with E-state index in [4.69, 9.17) is 9.79 Å². The van der Waals surface area contributed by atoms with E-state index in [-0.39, 0.29) is 44.3 Å². The first-order valence-corrected chi connectivity index (χ1v) is 4.91. The minimum absolute atomic E-state index is 0. The van der Waals surface area contributed by atoms with E-state index in [1.54, 1.807) is 0 Å². The fourth-order valence-corrected chi connectivity index (χ4v) is 1.16. The van der Waals surface area contributed by atoms with Crippen molar-refractivity contribution < 1.29 is 56.7 Å². The zero-order chi connectivity index (χ0) is 10.8. The van der Waals surface area contributed by atoms with Crippen LogP contribution in [0.4, 0.5) is 5.69 Å². The largest absolute Gasteiger partial charge is 0.524 e. The number of benzene rings is 1. The van der Waals surface area contributed by atoms with Crippen molar-refractivity contribution in [3.05, 3.63) is 34.4 Å². The summed E-state index contributed by atoms with van der Waals surface area (Å²) in [6, 6.07) is 4.39. The molecule has 0 saturated carbocycles. The van der Waals surface area contributed by atoms with Gasteiger partial charge in [0.25, 0.3) is 5.69 Å². The molecule has 14 heteroatoms. The Labute approximate surface area is 111 Å². The predicted molar refractivity (Wildman–Crippen MR) is 67.5 cm³/mol. The molecule has 0 unspecified atom stereocenters. The van der Waals surface area contributed by atoms with Crippen molar-refractivity contribution in [2.75, 3.05) is 0 Å². The summed E-state index contributed by atoms with van der Waals surface area (Å²) in [4.78, 5) is 26.4. The molecular formula is C6H18NO12P. The lowest BCUT2D eigenvalue weighted by atomic mass is 10.3. The standard InChI is InChI=1S/C6H6NO6P.6H2O/c8-7(9)5-1-3-6(4-2-5)13-14(10,11)12;;;;;;/h1-4H,(H2,10,11,12);6*1H2. The Balaban J connectivity index is -0.0000000817. The smallest absolute Gasteiger partial charge is 0.412 e. The lowest BCUT2D eigenvalue weighted by Crippen LogP contribution is -1.91. The molecule has 124 valence electrons. The van der Waals surface area contributed by atoms with Crippen LogP contribution in [0, 0.1) is 10.1 Å². The van der Waals surface area contributed by atoms with Crippen LogP contribution in [0.5, 0.6) is 5.75 Å². The third kappa shape index (κ3) is 12.8. The minimum atomic E-state index is -4.60. The topological polar surface area (TPSA) is 299 Å². The van der Waals surface area contributed by atoms with E-state index >= 15 is 0 Å². The van der Waals surface area contributed by atoms with E-state index in [1.807, 2.05) is 0 Å². The van der Waals surface area contributed by atoms with Crippen LogP contribution in [0.15, 0.2) is 24.3 Å². The summed E-state index contributed by atoms with van der Waals surface area (Å²) in [6.07, 6.45) is 0. The zero-order valence-corrected chi connectivity index (χ0v) is 10.6. The number of nitro benzene ring substituents is 1. The first kappa shape index (κ1) is 36.2.